The molecule has 0 unspecified atom stereocenters. The summed E-state index contributed by atoms with van der Waals surface area (Å²) < 4.78 is 5.65. The van der Waals surface area contributed by atoms with E-state index >= 15 is 0 Å². The molecule has 0 aliphatic carbocycles. The Morgan fingerprint density at radius 3 is 2.67 bits per heavy atom. The van der Waals surface area contributed by atoms with Crippen LogP contribution in [-0.4, -0.2) is 38.6 Å². The summed E-state index contributed by atoms with van der Waals surface area (Å²) in [6.07, 6.45) is 0. The highest BCUT2D eigenvalue weighted by molar-refractivity contribution is 5.79. The molecule has 1 aromatic carbocycles. The van der Waals surface area contributed by atoms with Crippen molar-refractivity contribution >= 4 is 5.96 Å². The molecule has 0 aromatic heterocycles. The number of hydrogen-bond acceptors (Lipinski definition) is 2. The summed E-state index contributed by atoms with van der Waals surface area (Å²) in [6.45, 7) is 5.45. The van der Waals surface area contributed by atoms with Crippen LogP contribution in [0.25, 0.3) is 0 Å². The fourth-order valence-electron chi connectivity index (χ4n) is 1.71. The van der Waals surface area contributed by atoms with Gasteiger partial charge in [0.25, 0.3) is 0 Å². The lowest BCUT2D eigenvalue weighted by atomic mass is 10.1. The monoisotopic (exact) mass is 249 g/mol. The van der Waals surface area contributed by atoms with Crippen molar-refractivity contribution in [3.63, 3.8) is 0 Å². The van der Waals surface area contributed by atoms with E-state index in [9.17, 15) is 0 Å². The van der Waals surface area contributed by atoms with Crippen LogP contribution < -0.4 is 10.1 Å². The van der Waals surface area contributed by atoms with Crippen molar-refractivity contribution in [3.8, 4) is 5.75 Å². The van der Waals surface area contributed by atoms with Crippen molar-refractivity contribution in [2.75, 3.05) is 27.7 Å². The van der Waals surface area contributed by atoms with Gasteiger partial charge in [-0.25, -0.2) is 0 Å². The van der Waals surface area contributed by atoms with Gasteiger partial charge in [-0.05, 0) is 25.5 Å². The molecule has 4 heteroatoms. The van der Waals surface area contributed by atoms with Crippen LogP contribution in [0.3, 0.4) is 0 Å². The third-order valence-electron chi connectivity index (χ3n) is 2.59. The second-order valence-corrected chi connectivity index (χ2v) is 4.34. The molecule has 0 aliphatic rings. The third-order valence-corrected chi connectivity index (χ3v) is 2.59. The van der Waals surface area contributed by atoms with E-state index in [0.29, 0.717) is 13.2 Å². The van der Waals surface area contributed by atoms with Crippen LogP contribution in [0.4, 0.5) is 0 Å². The number of aryl methyl sites for hydroxylation is 1. The van der Waals surface area contributed by atoms with Gasteiger partial charge in [0.15, 0.2) is 5.96 Å². The molecule has 1 rings (SSSR count). The number of rotatable bonds is 4. The maximum atomic E-state index is 5.65. The maximum absolute atomic E-state index is 5.65. The van der Waals surface area contributed by atoms with Crippen molar-refractivity contribution in [2.24, 2.45) is 4.99 Å². The van der Waals surface area contributed by atoms with Gasteiger partial charge in [0.05, 0.1) is 6.61 Å². The standard InChI is InChI=1S/C14H23N3O/c1-6-18-13-9-11(2)7-8-12(13)10-16-14(15-3)17(4)5/h7-9H,6,10H2,1-5H3,(H,15,16). The predicted molar refractivity (Wildman–Crippen MR) is 76.2 cm³/mol. The Bertz CT molecular complexity index is 414. The second kappa shape index (κ2) is 6.89. The fraction of sp³-hybridized carbons (Fsp3) is 0.500. The zero-order valence-corrected chi connectivity index (χ0v) is 11.9. The van der Waals surface area contributed by atoms with Crippen molar-refractivity contribution in [2.45, 2.75) is 20.4 Å². The van der Waals surface area contributed by atoms with E-state index in [0.717, 1.165) is 17.3 Å². The average Bonchev–Trinajstić information content (AvgIpc) is 2.32. The lowest BCUT2D eigenvalue weighted by Gasteiger charge is -2.18. The summed E-state index contributed by atoms with van der Waals surface area (Å²) in [5.41, 5.74) is 2.35. The number of nitrogens with one attached hydrogen (secondary N) is 1. The number of guanidine groups is 1. The van der Waals surface area contributed by atoms with Gasteiger partial charge in [0.2, 0.25) is 0 Å². The molecular formula is C14H23N3O. The minimum Gasteiger partial charge on any atom is -0.494 e. The van der Waals surface area contributed by atoms with Gasteiger partial charge in [0.1, 0.15) is 5.75 Å². The van der Waals surface area contributed by atoms with Crippen LogP contribution in [0.15, 0.2) is 23.2 Å². The van der Waals surface area contributed by atoms with Crippen molar-refractivity contribution < 1.29 is 4.74 Å². The smallest absolute Gasteiger partial charge is 0.193 e. The zero-order chi connectivity index (χ0) is 13.5. The first-order chi connectivity index (χ1) is 8.58. The van der Waals surface area contributed by atoms with Crippen molar-refractivity contribution in [1.82, 2.24) is 10.2 Å². The summed E-state index contributed by atoms with van der Waals surface area (Å²) in [7, 11) is 5.71. The summed E-state index contributed by atoms with van der Waals surface area (Å²) in [6, 6.07) is 6.26. The number of ether oxygens (including phenoxy) is 1. The SMILES string of the molecule is CCOc1cc(C)ccc1CNC(=NC)N(C)C. The van der Waals surface area contributed by atoms with Gasteiger partial charge in [0, 0.05) is 33.3 Å². The minimum absolute atomic E-state index is 0.679. The second-order valence-electron chi connectivity index (χ2n) is 4.34. The average molecular weight is 249 g/mol. The summed E-state index contributed by atoms with van der Waals surface area (Å²) in [5, 5.41) is 3.30. The molecule has 0 aliphatic heterocycles. The van der Waals surface area contributed by atoms with Crippen LogP contribution in [0, 0.1) is 6.92 Å². The molecule has 4 nitrogen and oxygen atoms in total. The molecule has 0 fully saturated rings. The van der Waals surface area contributed by atoms with E-state index < -0.39 is 0 Å². The predicted octanol–water partition coefficient (Wildman–Crippen LogP) is 2.03. The fourth-order valence-corrected chi connectivity index (χ4v) is 1.71. The Balaban J connectivity index is 2.78. The van der Waals surface area contributed by atoms with E-state index in [1.54, 1.807) is 7.05 Å². The largest absolute Gasteiger partial charge is 0.494 e. The first-order valence-corrected chi connectivity index (χ1v) is 6.18. The lowest BCUT2D eigenvalue weighted by molar-refractivity contribution is 0.336. The topological polar surface area (TPSA) is 36.9 Å². The summed E-state index contributed by atoms with van der Waals surface area (Å²) in [4.78, 5) is 6.14. The van der Waals surface area contributed by atoms with Gasteiger partial charge < -0.3 is 15.0 Å². The van der Waals surface area contributed by atoms with Crippen LogP contribution >= 0.6 is 0 Å². The Labute approximate surface area is 110 Å². The molecule has 0 saturated carbocycles. The molecule has 0 saturated heterocycles. The summed E-state index contributed by atoms with van der Waals surface area (Å²) >= 11 is 0. The molecule has 0 atom stereocenters. The number of aliphatic imine (C=N–C) groups is 1. The Kier molecular flexibility index (Phi) is 5.49. The van der Waals surface area contributed by atoms with Gasteiger partial charge in [-0.2, -0.15) is 0 Å². The van der Waals surface area contributed by atoms with Crippen molar-refractivity contribution in [1.29, 1.82) is 0 Å². The maximum Gasteiger partial charge on any atom is 0.193 e. The Morgan fingerprint density at radius 2 is 2.11 bits per heavy atom. The molecule has 0 spiro atoms. The highest BCUT2D eigenvalue weighted by Gasteiger charge is 2.06. The molecular weight excluding hydrogens is 226 g/mol. The number of benzene rings is 1. The minimum atomic E-state index is 0.679. The lowest BCUT2D eigenvalue weighted by Crippen LogP contribution is -2.35. The molecule has 0 bridgehead atoms. The van der Waals surface area contributed by atoms with E-state index in [4.69, 9.17) is 4.74 Å². The highest BCUT2D eigenvalue weighted by Crippen LogP contribution is 2.20. The van der Waals surface area contributed by atoms with Gasteiger partial charge in [-0.1, -0.05) is 12.1 Å². The van der Waals surface area contributed by atoms with Crippen LogP contribution in [0.5, 0.6) is 5.75 Å². The molecule has 100 valence electrons. The molecule has 0 amide bonds. The van der Waals surface area contributed by atoms with E-state index in [-0.39, 0.29) is 0 Å². The molecule has 0 radical (unpaired) electrons. The number of hydrogen-bond donors (Lipinski definition) is 1. The van der Waals surface area contributed by atoms with Gasteiger partial charge >= 0.3 is 0 Å². The third kappa shape index (κ3) is 3.95. The molecule has 1 aromatic rings. The Hall–Kier alpha value is -1.71. The molecule has 0 heterocycles. The van der Waals surface area contributed by atoms with Crippen LogP contribution in [-0.2, 0) is 6.54 Å². The zero-order valence-electron chi connectivity index (χ0n) is 11.9. The first-order valence-electron chi connectivity index (χ1n) is 6.18. The quantitative estimate of drug-likeness (QED) is 0.655. The Morgan fingerprint density at radius 1 is 1.39 bits per heavy atom. The van der Waals surface area contributed by atoms with Gasteiger partial charge in [-0.3, -0.25) is 4.99 Å². The van der Waals surface area contributed by atoms with Crippen molar-refractivity contribution in [3.05, 3.63) is 29.3 Å². The molecule has 18 heavy (non-hydrogen) atoms. The van der Waals surface area contributed by atoms with Crippen LogP contribution in [0.2, 0.25) is 0 Å². The van der Waals surface area contributed by atoms with Gasteiger partial charge in [-0.15, -0.1) is 0 Å². The van der Waals surface area contributed by atoms with Crippen LogP contribution in [0.1, 0.15) is 18.1 Å². The van der Waals surface area contributed by atoms with E-state index in [2.05, 4.69) is 35.4 Å². The summed E-state index contributed by atoms with van der Waals surface area (Å²) in [5.74, 6) is 1.80. The molecule has 1 N–H and O–H groups in total. The number of nitrogens with zero attached hydrogens (tertiary/aromatic N) is 2. The first kappa shape index (κ1) is 14.4. The normalized spacial score (nSPS) is 11.3. The van der Waals surface area contributed by atoms with E-state index in [1.165, 1.54) is 5.56 Å². The van der Waals surface area contributed by atoms with E-state index in [1.807, 2.05) is 25.9 Å². The highest BCUT2D eigenvalue weighted by atomic mass is 16.5.